The first kappa shape index (κ1) is 16.5. The summed E-state index contributed by atoms with van der Waals surface area (Å²) in [6.07, 6.45) is -0.908. The number of benzene rings is 1. The first-order valence-electron chi connectivity index (χ1n) is 6.61. The number of hydrogen-bond donors (Lipinski definition) is 2. The zero-order valence-electron chi connectivity index (χ0n) is 11.2. The standard InChI is InChI=1S/C14H19F3N2O/c15-14(16,17)11-7-4-5-8-12(11)19-13(20)9-3-1-2-6-10-18/h4-5,7-8H,1-3,6,9-10,18H2,(H,19,20). The van der Waals surface area contributed by atoms with Crippen molar-refractivity contribution in [2.75, 3.05) is 11.9 Å². The van der Waals surface area contributed by atoms with Gasteiger partial charge in [-0.15, -0.1) is 0 Å². The number of nitrogens with one attached hydrogen (secondary N) is 1. The van der Waals surface area contributed by atoms with Crippen LogP contribution in [0.5, 0.6) is 0 Å². The number of hydrogen-bond acceptors (Lipinski definition) is 2. The molecule has 0 aromatic heterocycles. The Labute approximate surface area is 116 Å². The van der Waals surface area contributed by atoms with E-state index in [4.69, 9.17) is 5.73 Å². The number of amides is 1. The molecule has 0 aliphatic heterocycles. The van der Waals surface area contributed by atoms with Crippen molar-refractivity contribution in [2.24, 2.45) is 5.73 Å². The normalized spacial score (nSPS) is 11.4. The summed E-state index contributed by atoms with van der Waals surface area (Å²) in [6, 6.07) is 4.98. The van der Waals surface area contributed by atoms with Crippen LogP contribution >= 0.6 is 0 Å². The van der Waals surface area contributed by atoms with Crippen LogP contribution in [0.3, 0.4) is 0 Å². The van der Waals surface area contributed by atoms with E-state index in [1.54, 1.807) is 0 Å². The third-order valence-corrected chi connectivity index (χ3v) is 2.86. The molecule has 112 valence electrons. The molecule has 6 heteroatoms. The Morgan fingerprint density at radius 1 is 1.10 bits per heavy atom. The molecule has 1 aromatic rings. The summed E-state index contributed by atoms with van der Waals surface area (Å²) in [4.78, 5) is 11.6. The van der Waals surface area contributed by atoms with E-state index in [-0.39, 0.29) is 12.1 Å². The van der Waals surface area contributed by atoms with Crippen molar-refractivity contribution in [3.8, 4) is 0 Å². The lowest BCUT2D eigenvalue weighted by Gasteiger charge is -2.13. The fourth-order valence-corrected chi connectivity index (χ4v) is 1.84. The molecule has 0 saturated heterocycles. The van der Waals surface area contributed by atoms with Crippen LogP contribution < -0.4 is 11.1 Å². The van der Waals surface area contributed by atoms with Crippen LogP contribution in [0.4, 0.5) is 18.9 Å². The zero-order valence-corrected chi connectivity index (χ0v) is 11.2. The van der Waals surface area contributed by atoms with Crippen LogP contribution in [0.2, 0.25) is 0 Å². The molecule has 0 aliphatic rings. The number of alkyl halides is 3. The quantitative estimate of drug-likeness (QED) is 0.754. The number of unbranched alkanes of at least 4 members (excludes halogenated alkanes) is 3. The van der Waals surface area contributed by atoms with Gasteiger partial charge in [0.1, 0.15) is 0 Å². The van der Waals surface area contributed by atoms with Crippen molar-refractivity contribution in [3.63, 3.8) is 0 Å². The molecule has 3 nitrogen and oxygen atoms in total. The maximum atomic E-state index is 12.7. The Morgan fingerprint density at radius 3 is 2.40 bits per heavy atom. The highest BCUT2D eigenvalue weighted by Gasteiger charge is 2.33. The molecule has 0 fully saturated rings. The van der Waals surface area contributed by atoms with E-state index in [2.05, 4.69) is 5.32 Å². The first-order chi connectivity index (χ1) is 9.45. The molecule has 1 amide bonds. The van der Waals surface area contributed by atoms with Gasteiger partial charge < -0.3 is 11.1 Å². The highest BCUT2D eigenvalue weighted by atomic mass is 19.4. The molecule has 0 radical (unpaired) electrons. The topological polar surface area (TPSA) is 55.1 Å². The van der Waals surface area contributed by atoms with E-state index in [1.165, 1.54) is 18.2 Å². The van der Waals surface area contributed by atoms with Gasteiger partial charge in [0.15, 0.2) is 0 Å². The average Bonchev–Trinajstić information content (AvgIpc) is 2.38. The minimum absolute atomic E-state index is 0.188. The van der Waals surface area contributed by atoms with Gasteiger partial charge in [0.2, 0.25) is 5.91 Å². The van der Waals surface area contributed by atoms with Gasteiger partial charge >= 0.3 is 6.18 Å². The van der Waals surface area contributed by atoms with Crippen LogP contribution in [0.15, 0.2) is 24.3 Å². The third kappa shape index (κ3) is 5.61. The Hall–Kier alpha value is -1.56. The summed E-state index contributed by atoms with van der Waals surface area (Å²) in [5, 5.41) is 2.32. The minimum Gasteiger partial charge on any atom is -0.330 e. The van der Waals surface area contributed by atoms with Crippen LogP contribution in [0.25, 0.3) is 0 Å². The van der Waals surface area contributed by atoms with Crippen molar-refractivity contribution in [1.29, 1.82) is 0 Å². The Balaban J connectivity index is 2.50. The smallest absolute Gasteiger partial charge is 0.330 e. The molecule has 3 N–H and O–H groups in total. The highest BCUT2D eigenvalue weighted by Crippen LogP contribution is 2.34. The molecule has 0 spiro atoms. The second-order valence-electron chi connectivity index (χ2n) is 4.54. The fourth-order valence-electron chi connectivity index (χ4n) is 1.84. The Kier molecular flexibility index (Phi) is 6.51. The van der Waals surface area contributed by atoms with Crippen LogP contribution in [0, 0.1) is 0 Å². The van der Waals surface area contributed by atoms with Crippen LogP contribution in [-0.2, 0) is 11.0 Å². The number of carbonyl (C=O) groups is 1. The molecule has 0 bridgehead atoms. The van der Waals surface area contributed by atoms with Gasteiger partial charge in [-0.05, 0) is 31.5 Å². The Bertz CT molecular complexity index is 433. The van der Waals surface area contributed by atoms with Gasteiger partial charge in [-0.25, -0.2) is 0 Å². The van der Waals surface area contributed by atoms with Gasteiger partial charge in [-0.1, -0.05) is 25.0 Å². The van der Waals surface area contributed by atoms with Crippen molar-refractivity contribution in [3.05, 3.63) is 29.8 Å². The average molecular weight is 288 g/mol. The van der Waals surface area contributed by atoms with Crippen molar-refractivity contribution < 1.29 is 18.0 Å². The first-order valence-corrected chi connectivity index (χ1v) is 6.61. The lowest BCUT2D eigenvalue weighted by molar-refractivity contribution is -0.137. The summed E-state index contributed by atoms with van der Waals surface area (Å²) in [6.45, 7) is 0.616. The molecular weight excluding hydrogens is 269 g/mol. The van der Waals surface area contributed by atoms with Gasteiger partial charge in [-0.2, -0.15) is 13.2 Å². The second kappa shape index (κ2) is 7.89. The largest absolute Gasteiger partial charge is 0.418 e. The van der Waals surface area contributed by atoms with Crippen LogP contribution in [-0.4, -0.2) is 12.5 Å². The summed E-state index contributed by atoms with van der Waals surface area (Å²) in [5.74, 6) is -0.394. The molecule has 0 unspecified atom stereocenters. The molecule has 0 saturated carbocycles. The molecule has 1 rings (SSSR count). The summed E-state index contributed by atoms with van der Waals surface area (Å²) < 4.78 is 38.2. The maximum Gasteiger partial charge on any atom is 0.418 e. The predicted molar refractivity (Wildman–Crippen MR) is 72.2 cm³/mol. The number of nitrogens with two attached hydrogens (primary N) is 1. The van der Waals surface area contributed by atoms with Gasteiger partial charge in [0, 0.05) is 6.42 Å². The Morgan fingerprint density at radius 2 is 1.75 bits per heavy atom. The highest BCUT2D eigenvalue weighted by molar-refractivity contribution is 5.91. The molecule has 20 heavy (non-hydrogen) atoms. The molecule has 0 atom stereocenters. The predicted octanol–water partition coefficient (Wildman–Crippen LogP) is 3.55. The second-order valence-corrected chi connectivity index (χ2v) is 4.54. The monoisotopic (exact) mass is 288 g/mol. The van der Waals surface area contributed by atoms with Gasteiger partial charge in [-0.3, -0.25) is 4.79 Å². The molecule has 0 heterocycles. The van der Waals surface area contributed by atoms with E-state index >= 15 is 0 Å². The van der Waals surface area contributed by atoms with E-state index < -0.39 is 17.6 Å². The van der Waals surface area contributed by atoms with Crippen molar-refractivity contribution >= 4 is 11.6 Å². The molecule has 0 aliphatic carbocycles. The van der Waals surface area contributed by atoms with Crippen molar-refractivity contribution in [2.45, 2.75) is 38.3 Å². The molecular formula is C14H19F3N2O. The lowest BCUT2D eigenvalue weighted by atomic mass is 10.1. The van der Waals surface area contributed by atoms with E-state index in [1.807, 2.05) is 0 Å². The minimum atomic E-state index is -4.47. The number of para-hydroxylation sites is 1. The maximum absolute atomic E-state index is 12.7. The SMILES string of the molecule is NCCCCCCC(=O)Nc1ccccc1C(F)(F)F. The van der Waals surface area contributed by atoms with E-state index in [0.717, 1.165) is 25.3 Å². The van der Waals surface area contributed by atoms with Gasteiger partial charge in [0.25, 0.3) is 0 Å². The summed E-state index contributed by atoms with van der Waals surface area (Å²) in [7, 11) is 0. The van der Waals surface area contributed by atoms with E-state index in [0.29, 0.717) is 13.0 Å². The number of rotatable bonds is 7. The number of anilines is 1. The third-order valence-electron chi connectivity index (χ3n) is 2.86. The summed E-state index contributed by atoms with van der Waals surface area (Å²) in [5.41, 5.74) is 4.33. The molecule has 1 aromatic carbocycles. The number of carbonyl (C=O) groups excluding carboxylic acids is 1. The zero-order chi connectivity index (χ0) is 15.0. The van der Waals surface area contributed by atoms with Crippen molar-refractivity contribution in [1.82, 2.24) is 0 Å². The fraction of sp³-hybridized carbons (Fsp3) is 0.500. The lowest BCUT2D eigenvalue weighted by Crippen LogP contribution is -2.16. The van der Waals surface area contributed by atoms with E-state index in [9.17, 15) is 18.0 Å². The summed E-state index contributed by atoms with van der Waals surface area (Å²) >= 11 is 0. The number of halogens is 3. The van der Waals surface area contributed by atoms with Crippen LogP contribution in [0.1, 0.15) is 37.7 Å². The van der Waals surface area contributed by atoms with Gasteiger partial charge in [0.05, 0.1) is 11.3 Å².